The molecule has 0 spiro atoms. The van der Waals surface area contributed by atoms with Crippen LogP contribution in [-0.4, -0.2) is 16.2 Å². The van der Waals surface area contributed by atoms with Crippen LogP contribution in [0.5, 0.6) is 0 Å². The van der Waals surface area contributed by atoms with Crippen molar-refractivity contribution in [2.24, 2.45) is 0 Å². The molecule has 0 atom stereocenters. The average Bonchev–Trinajstić information content (AvgIpc) is 2.87. The molecule has 1 aromatic heterocycles. The van der Waals surface area contributed by atoms with E-state index < -0.39 is 0 Å². The lowest BCUT2D eigenvalue weighted by atomic mass is 10.1. The van der Waals surface area contributed by atoms with Crippen LogP contribution in [0.2, 0.25) is 0 Å². The van der Waals surface area contributed by atoms with Crippen LogP contribution in [-0.2, 0) is 13.0 Å². The lowest BCUT2D eigenvalue weighted by Crippen LogP contribution is -2.21. The molecule has 108 valence electrons. The Morgan fingerprint density at radius 3 is 2.55 bits per heavy atom. The summed E-state index contributed by atoms with van der Waals surface area (Å²) in [6.45, 7) is 6.92. The predicted molar refractivity (Wildman–Crippen MR) is 80.0 cm³/mol. The first-order chi connectivity index (χ1) is 9.67. The lowest BCUT2D eigenvalue weighted by molar-refractivity contribution is 0.460. The summed E-state index contributed by atoms with van der Waals surface area (Å²) in [4.78, 5) is 0. The molecule has 0 bridgehead atoms. The van der Waals surface area contributed by atoms with Gasteiger partial charge in [0.25, 0.3) is 0 Å². The molecule has 0 amide bonds. The van der Waals surface area contributed by atoms with Crippen LogP contribution in [0.15, 0.2) is 28.7 Å². The number of aryl methyl sites for hydroxylation is 1. The molecule has 0 radical (unpaired) electrons. The molecule has 2 N–H and O–H groups in total. The Kier molecular flexibility index (Phi) is 5.12. The minimum atomic E-state index is 0.393. The van der Waals surface area contributed by atoms with Gasteiger partial charge >= 0.3 is 6.01 Å². The van der Waals surface area contributed by atoms with E-state index in [9.17, 15) is 0 Å². The maximum absolute atomic E-state index is 5.52. The van der Waals surface area contributed by atoms with Gasteiger partial charge in [0, 0.05) is 11.7 Å². The van der Waals surface area contributed by atoms with Gasteiger partial charge in [-0.15, -0.1) is 5.10 Å². The predicted octanol–water partition coefficient (Wildman–Crippen LogP) is 3.26. The second-order valence-corrected chi connectivity index (χ2v) is 5.11. The third kappa shape index (κ3) is 4.35. The van der Waals surface area contributed by atoms with Crippen LogP contribution in [0.1, 0.15) is 38.6 Å². The normalized spacial score (nSPS) is 11.0. The fourth-order valence-electron chi connectivity index (χ4n) is 1.83. The third-order valence-corrected chi connectivity index (χ3v) is 2.87. The van der Waals surface area contributed by atoms with E-state index in [1.807, 2.05) is 12.1 Å². The molecule has 0 unspecified atom stereocenters. The van der Waals surface area contributed by atoms with Crippen molar-refractivity contribution in [1.29, 1.82) is 0 Å². The molecule has 5 heteroatoms. The number of rotatable bonds is 7. The van der Waals surface area contributed by atoms with Gasteiger partial charge < -0.3 is 15.1 Å². The summed E-state index contributed by atoms with van der Waals surface area (Å²) in [5, 5.41) is 14.3. The number of anilines is 2. The van der Waals surface area contributed by atoms with Gasteiger partial charge in [-0.2, -0.15) is 0 Å². The molecule has 0 fully saturated rings. The number of nitrogens with zero attached hydrogens (tertiary/aromatic N) is 2. The highest BCUT2D eigenvalue weighted by Crippen LogP contribution is 2.16. The Balaban J connectivity index is 1.92. The fourth-order valence-corrected chi connectivity index (χ4v) is 1.83. The van der Waals surface area contributed by atoms with Gasteiger partial charge in [-0.1, -0.05) is 44.4 Å². The van der Waals surface area contributed by atoms with Gasteiger partial charge in [-0.3, -0.25) is 0 Å². The highest BCUT2D eigenvalue weighted by Gasteiger charge is 2.06. The second kappa shape index (κ2) is 7.05. The molecule has 1 aromatic carbocycles. The largest absolute Gasteiger partial charge is 0.406 e. The SMILES string of the molecule is CCCc1ccc(Nc2nnc(CNC(C)C)o2)cc1. The van der Waals surface area contributed by atoms with E-state index >= 15 is 0 Å². The minimum Gasteiger partial charge on any atom is -0.406 e. The maximum atomic E-state index is 5.52. The second-order valence-electron chi connectivity index (χ2n) is 5.11. The fraction of sp³-hybridized carbons (Fsp3) is 0.467. The standard InChI is InChI=1S/C15H22N4O/c1-4-5-12-6-8-13(9-7-12)17-15-19-18-14(20-15)10-16-11(2)3/h6-9,11,16H,4-5,10H2,1-3H3,(H,17,19). The van der Waals surface area contributed by atoms with Crippen LogP contribution in [0.3, 0.4) is 0 Å². The molecule has 2 aromatic rings. The Bertz CT molecular complexity index is 519. The van der Waals surface area contributed by atoms with E-state index in [0.717, 1.165) is 18.5 Å². The van der Waals surface area contributed by atoms with Crippen molar-refractivity contribution < 1.29 is 4.42 Å². The Hall–Kier alpha value is -1.88. The molecule has 5 nitrogen and oxygen atoms in total. The van der Waals surface area contributed by atoms with Crippen molar-refractivity contribution in [2.45, 2.75) is 46.2 Å². The van der Waals surface area contributed by atoms with Crippen molar-refractivity contribution in [2.75, 3.05) is 5.32 Å². The number of nitrogens with one attached hydrogen (secondary N) is 2. The van der Waals surface area contributed by atoms with Crippen LogP contribution in [0.4, 0.5) is 11.7 Å². The summed E-state index contributed by atoms with van der Waals surface area (Å²) in [6.07, 6.45) is 2.26. The summed E-state index contributed by atoms with van der Waals surface area (Å²) in [5.41, 5.74) is 2.29. The summed E-state index contributed by atoms with van der Waals surface area (Å²) in [6, 6.07) is 9.10. The number of hydrogen-bond acceptors (Lipinski definition) is 5. The van der Waals surface area contributed by atoms with Gasteiger partial charge in [0.15, 0.2) is 0 Å². The van der Waals surface area contributed by atoms with E-state index in [4.69, 9.17) is 4.42 Å². The molecule has 0 saturated carbocycles. The zero-order valence-corrected chi connectivity index (χ0v) is 12.3. The number of benzene rings is 1. The van der Waals surface area contributed by atoms with E-state index in [1.165, 1.54) is 5.56 Å². The van der Waals surface area contributed by atoms with Gasteiger partial charge in [-0.25, -0.2) is 0 Å². The molecule has 20 heavy (non-hydrogen) atoms. The van der Waals surface area contributed by atoms with E-state index in [0.29, 0.717) is 24.5 Å². The molecular weight excluding hydrogens is 252 g/mol. The highest BCUT2D eigenvalue weighted by molar-refractivity contribution is 5.52. The monoisotopic (exact) mass is 274 g/mol. The molecule has 0 aliphatic carbocycles. The Labute approximate surface area is 119 Å². The van der Waals surface area contributed by atoms with Crippen molar-refractivity contribution in [3.05, 3.63) is 35.7 Å². The third-order valence-electron chi connectivity index (χ3n) is 2.87. The molecule has 0 aliphatic heterocycles. The zero-order chi connectivity index (χ0) is 14.4. The summed E-state index contributed by atoms with van der Waals surface area (Å²) in [7, 11) is 0. The average molecular weight is 274 g/mol. The minimum absolute atomic E-state index is 0.393. The topological polar surface area (TPSA) is 63.0 Å². The molecule has 2 rings (SSSR count). The molecular formula is C15H22N4O. The first-order valence-corrected chi connectivity index (χ1v) is 7.09. The van der Waals surface area contributed by atoms with Crippen molar-refractivity contribution >= 4 is 11.7 Å². The molecule has 0 aliphatic rings. The van der Waals surface area contributed by atoms with E-state index in [2.05, 4.69) is 53.7 Å². The van der Waals surface area contributed by atoms with Gasteiger partial charge in [0.2, 0.25) is 5.89 Å². The number of aromatic nitrogens is 2. The molecule has 0 saturated heterocycles. The van der Waals surface area contributed by atoms with E-state index in [-0.39, 0.29) is 0 Å². The quantitative estimate of drug-likeness (QED) is 0.811. The van der Waals surface area contributed by atoms with Crippen LogP contribution in [0.25, 0.3) is 0 Å². The summed E-state index contributed by atoms with van der Waals surface area (Å²) >= 11 is 0. The van der Waals surface area contributed by atoms with Crippen LogP contribution in [0, 0.1) is 0 Å². The maximum Gasteiger partial charge on any atom is 0.320 e. The smallest absolute Gasteiger partial charge is 0.320 e. The van der Waals surface area contributed by atoms with Gasteiger partial charge in [0.05, 0.1) is 6.54 Å². The lowest BCUT2D eigenvalue weighted by Gasteiger charge is -2.04. The van der Waals surface area contributed by atoms with Crippen molar-refractivity contribution in [3.63, 3.8) is 0 Å². The van der Waals surface area contributed by atoms with Gasteiger partial charge in [-0.05, 0) is 24.1 Å². The highest BCUT2D eigenvalue weighted by atomic mass is 16.4. The van der Waals surface area contributed by atoms with E-state index in [1.54, 1.807) is 0 Å². The Morgan fingerprint density at radius 1 is 1.15 bits per heavy atom. The van der Waals surface area contributed by atoms with Gasteiger partial charge in [0.1, 0.15) is 0 Å². The summed E-state index contributed by atoms with van der Waals surface area (Å²) < 4.78 is 5.52. The first kappa shape index (κ1) is 14.5. The van der Waals surface area contributed by atoms with Crippen LogP contribution >= 0.6 is 0 Å². The first-order valence-electron chi connectivity index (χ1n) is 7.09. The van der Waals surface area contributed by atoms with Crippen molar-refractivity contribution in [3.8, 4) is 0 Å². The molecule has 1 heterocycles. The summed E-state index contributed by atoms with van der Waals surface area (Å²) in [5.74, 6) is 0.587. The Morgan fingerprint density at radius 2 is 1.90 bits per heavy atom. The number of hydrogen-bond donors (Lipinski definition) is 2. The van der Waals surface area contributed by atoms with Crippen LogP contribution < -0.4 is 10.6 Å². The van der Waals surface area contributed by atoms with Crippen molar-refractivity contribution in [1.82, 2.24) is 15.5 Å². The zero-order valence-electron chi connectivity index (χ0n) is 12.3.